The van der Waals surface area contributed by atoms with Crippen molar-refractivity contribution in [1.82, 2.24) is 5.32 Å². The zero-order valence-electron chi connectivity index (χ0n) is 17.0. The molecule has 28 heavy (non-hydrogen) atoms. The highest BCUT2D eigenvalue weighted by Crippen LogP contribution is 2.23. The van der Waals surface area contributed by atoms with Gasteiger partial charge in [0.25, 0.3) is 0 Å². The highest BCUT2D eigenvalue weighted by atomic mass is 32.2. The summed E-state index contributed by atoms with van der Waals surface area (Å²) in [4.78, 5) is 15.3. The third kappa shape index (κ3) is 5.60. The molecule has 0 saturated carbocycles. The average Bonchev–Trinajstić information content (AvgIpc) is 2.70. The Kier molecular flexibility index (Phi) is 7.54. The number of carbonyl (C=O) groups is 1. The summed E-state index contributed by atoms with van der Waals surface area (Å²) in [6.45, 7) is 9.80. The van der Waals surface area contributed by atoms with Gasteiger partial charge in [0.15, 0.2) is 0 Å². The van der Waals surface area contributed by atoms with Crippen LogP contribution in [0.4, 0.5) is 0 Å². The summed E-state index contributed by atoms with van der Waals surface area (Å²) in [5.74, 6) is 0.529. The van der Waals surface area contributed by atoms with E-state index in [9.17, 15) is 4.79 Å². The van der Waals surface area contributed by atoms with Crippen molar-refractivity contribution in [2.75, 3.05) is 32.1 Å². The Balaban J connectivity index is 1.64. The van der Waals surface area contributed by atoms with Gasteiger partial charge in [0.2, 0.25) is 5.91 Å². The van der Waals surface area contributed by atoms with Gasteiger partial charge >= 0.3 is 0 Å². The van der Waals surface area contributed by atoms with Crippen LogP contribution in [0.3, 0.4) is 0 Å². The fraction of sp³-hybridized carbons (Fsp3) is 0.435. The van der Waals surface area contributed by atoms with E-state index >= 15 is 0 Å². The van der Waals surface area contributed by atoms with Crippen LogP contribution >= 0.6 is 11.8 Å². The number of hydrogen-bond donors (Lipinski definition) is 2. The number of morpholine rings is 1. The monoisotopic (exact) mass is 399 g/mol. The molecule has 4 nitrogen and oxygen atoms in total. The van der Waals surface area contributed by atoms with E-state index in [0.717, 1.165) is 26.3 Å². The van der Waals surface area contributed by atoms with E-state index in [1.54, 1.807) is 11.8 Å². The van der Waals surface area contributed by atoms with Crippen LogP contribution in [0.25, 0.3) is 0 Å². The van der Waals surface area contributed by atoms with Crippen molar-refractivity contribution >= 4 is 17.7 Å². The van der Waals surface area contributed by atoms with Crippen LogP contribution < -0.4 is 10.2 Å². The lowest BCUT2D eigenvalue weighted by Gasteiger charge is -2.35. The van der Waals surface area contributed by atoms with E-state index in [1.807, 2.05) is 6.07 Å². The first-order valence-electron chi connectivity index (χ1n) is 10.0. The number of rotatable bonds is 7. The minimum Gasteiger partial charge on any atom is -0.370 e. The van der Waals surface area contributed by atoms with E-state index in [4.69, 9.17) is 4.74 Å². The Morgan fingerprint density at radius 1 is 1.14 bits per heavy atom. The summed E-state index contributed by atoms with van der Waals surface area (Å²) in [6, 6.07) is 17.2. The van der Waals surface area contributed by atoms with Crippen LogP contribution in [0.5, 0.6) is 0 Å². The van der Waals surface area contributed by atoms with Gasteiger partial charge in [-0.15, -0.1) is 11.8 Å². The highest BCUT2D eigenvalue weighted by Gasteiger charge is 2.32. The van der Waals surface area contributed by atoms with Crippen molar-refractivity contribution in [3.63, 3.8) is 0 Å². The minimum atomic E-state index is 0.0576. The molecular formula is C23H31N2O2S+. The number of benzene rings is 2. The van der Waals surface area contributed by atoms with Gasteiger partial charge in [0.05, 0.1) is 25.0 Å². The molecule has 0 radical (unpaired) electrons. The topological polar surface area (TPSA) is 42.8 Å². The maximum atomic E-state index is 12.7. The van der Waals surface area contributed by atoms with Crippen LogP contribution in [-0.2, 0) is 9.53 Å². The summed E-state index contributed by atoms with van der Waals surface area (Å²) in [5, 5.41) is 3.26. The van der Waals surface area contributed by atoms with Crippen LogP contribution in [0.1, 0.15) is 29.7 Å². The van der Waals surface area contributed by atoms with Crippen LogP contribution in [0.2, 0.25) is 0 Å². The van der Waals surface area contributed by atoms with Gasteiger partial charge in [0.1, 0.15) is 19.1 Å². The fourth-order valence-electron chi connectivity index (χ4n) is 3.87. The molecule has 2 atom stereocenters. The summed E-state index contributed by atoms with van der Waals surface area (Å²) in [6.07, 6.45) is 0. The second kappa shape index (κ2) is 10.1. The number of amides is 1. The fourth-order valence-corrected chi connectivity index (χ4v) is 4.80. The third-order valence-corrected chi connectivity index (χ3v) is 6.48. The van der Waals surface area contributed by atoms with Crippen molar-refractivity contribution in [3.05, 3.63) is 65.2 Å². The van der Waals surface area contributed by atoms with Crippen molar-refractivity contribution < 1.29 is 14.4 Å². The molecular weight excluding hydrogens is 368 g/mol. The molecule has 2 aromatic carbocycles. The Bertz CT molecular complexity index is 775. The van der Waals surface area contributed by atoms with Crippen molar-refractivity contribution in [2.45, 2.75) is 37.8 Å². The smallest absolute Gasteiger partial charge is 0.230 e. The van der Waals surface area contributed by atoms with Crippen molar-refractivity contribution in [1.29, 1.82) is 0 Å². The average molecular weight is 400 g/mol. The van der Waals surface area contributed by atoms with Gasteiger partial charge in [-0.25, -0.2) is 0 Å². The number of ether oxygens (including phenoxy) is 1. The number of thioether (sulfide) groups is 1. The maximum Gasteiger partial charge on any atom is 0.230 e. The number of aryl methyl sites for hydroxylation is 2. The molecule has 0 unspecified atom stereocenters. The van der Waals surface area contributed by atoms with Crippen molar-refractivity contribution in [2.24, 2.45) is 0 Å². The highest BCUT2D eigenvalue weighted by molar-refractivity contribution is 8.00. The van der Waals surface area contributed by atoms with Gasteiger partial charge in [-0.3, -0.25) is 4.79 Å². The van der Waals surface area contributed by atoms with E-state index in [0.29, 0.717) is 5.75 Å². The predicted molar refractivity (Wildman–Crippen MR) is 115 cm³/mol. The summed E-state index contributed by atoms with van der Waals surface area (Å²) in [5.41, 5.74) is 3.72. The lowest BCUT2D eigenvalue weighted by atomic mass is 9.98. The van der Waals surface area contributed by atoms with Gasteiger partial charge in [-0.2, -0.15) is 0 Å². The second-order valence-corrected chi connectivity index (χ2v) is 8.59. The first kappa shape index (κ1) is 20.9. The molecule has 2 N–H and O–H groups in total. The molecule has 1 heterocycles. The molecule has 1 aliphatic heterocycles. The normalized spacial score (nSPS) is 17.1. The van der Waals surface area contributed by atoms with Crippen LogP contribution in [-0.4, -0.2) is 44.0 Å². The molecule has 2 aromatic rings. The molecule has 0 bridgehead atoms. The molecule has 0 spiro atoms. The first-order chi connectivity index (χ1) is 13.5. The zero-order valence-corrected chi connectivity index (χ0v) is 17.9. The minimum absolute atomic E-state index is 0.0576. The zero-order chi connectivity index (χ0) is 19.9. The predicted octanol–water partition coefficient (Wildman–Crippen LogP) is 2.56. The third-order valence-electron chi connectivity index (χ3n) is 5.32. The van der Waals surface area contributed by atoms with Gasteiger partial charge in [0, 0.05) is 10.5 Å². The van der Waals surface area contributed by atoms with E-state index in [-0.39, 0.29) is 18.0 Å². The standard InChI is InChI=1S/C23H30N2O2S/c1-17-9-10-18(2)21(15-17)28-16-22(26)24-19(3)23(20-7-5-4-6-8-20)25-11-13-27-14-12-25/h4-10,15,19,23H,11-14,16H2,1-3H3,(H,24,26)/p+1/t19-,23+/m1/s1. The van der Waals surface area contributed by atoms with Crippen LogP contribution in [0, 0.1) is 13.8 Å². The summed E-state index contributed by atoms with van der Waals surface area (Å²) >= 11 is 1.62. The molecule has 0 aromatic heterocycles. The molecule has 5 heteroatoms. The number of quaternary nitrogens is 1. The lowest BCUT2D eigenvalue weighted by Crippen LogP contribution is -3.15. The Morgan fingerprint density at radius 3 is 2.57 bits per heavy atom. The van der Waals surface area contributed by atoms with E-state index < -0.39 is 0 Å². The number of hydrogen-bond acceptors (Lipinski definition) is 3. The van der Waals surface area contributed by atoms with Crippen molar-refractivity contribution in [3.8, 4) is 0 Å². The SMILES string of the molecule is Cc1ccc(C)c(SCC(=O)N[C@H](C)[C@@H](c2ccccc2)[NH+]2CCOCC2)c1. The Hall–Kier alpha value is -1.82. The summed E-state index contributed by atoms with van der Waals surface area (Å²) in [7, 11) is 0. The molecule has 1 fully saturated rings. The Morgan fingerprint density at radius 2 is 1.86 bits per heavy atom. The lowest BCUT2D eigenvalue weighted by molar-refractivity contribution is -0.940. The summed E-state index contributed by atoms with van der Waals surface area (Å²) < 4.78 is 5.54. The Labute approximate surface area is 172 Å². The molecule has 1 aliphatic rings. The van der Waals surface area contributed by atoms with E-state index in [2.05, 4.69) is 68.6 Å². The number of nitrogens with one attached hydrogen (secondary N) is 2. The molecule has 3 rings (SSSR count). The van der Waals surface area contributed by atoms with Gasteiger partial charge < -0.3 is 15.0 Å². The van der Waals surface area contributed by atoms with Gasteiger partial charge in [-0.1, -0.05) is 48.0 Å². The van der Waals surface area contributed by atoms with Crippen LogP contribution in [0.15, 0.2) is 53.4 Å². The maximum absolute atomic E-state index is 12.7. The molecule has 1 saturated heterocycles. The molecule has 0 aliphatic carbocycles. The molecule has 1 amide bonds. The van der Waals surface area contributed by atoms with Gasteiger partial charge in [-0.05, 0) is 32.4 Å². The largest absolute Gasteiger partial charge is 0.370 e. The number of carbonyl (C=O) groups excluding carboxylic acids is 1. The van der Waals surface area contributed by atoms with E-state index in [1.165, 1.54) is 26.5 Å². The molecule has 150 valence electrons. The quantitative estimate of drug-likeness (QED) is 0.703. The first-order valence-corrected chi connectivity index (χ1v) is 11.0. The second-order valence-electron chi connectivity index (χ2n) is 7.57.